The summed E-state index contributed by atoms with van der Waals surface area (Å²) in [6, 6.07) is 9.00. The van der Waals surface area contributed by atoms with Crippen LogP contribution in [0.25, 0.3) is 0 Å². The highest BCUT2D eigenvalue weighted by Gasteiger charge is 2.21. The van der Waals surface area contributed by atoms with Crippen LogP contribution in [-0.4, -0.2) is 36.5 Å². The van der Waals surface area contributed by atoms with Gasteiger partial charge in [0.05, 0.1) is 6.54 Å². The fourth-order valence-corrected chi connectivity index (χ4v) is 2.50. The average molecular weight is 360 g/mol. The third kappa shape index (κ3) is 3.69. The van der Waals surface area contributed by atoms with E-state index >= 15 is 0 Å². The van der Waals surface area contributed by atoms with Crippen LogP contribution in [0, 0.1) is 0 Å². The Bertz CT molecular complexity index is 947. The molecule has 0 radical (unpaired) electrons. The molecule has 3 aromatic rings. The van der Waals surface area contributed by atoms with Crippen molar-refractivity contribution in [3.63, 3.8) is 0 Å². The minimum Gasteiger partial charge on any atom is -0.478 e. The highest BCUT2D eigenvalue weighted by molar-refractivity contribution is 6.31. The van der Waals surface area contributed by atoms with Crippen molar-refractivity contribution >= 4 is 29.3 Å². The molecule has 8 nitrogen and oxygen atoms in total. The summed E-state index contributed by atoms with van der Waals surface area (Å²) in [5, 5.41) is 20.4. The number of aryl methyl sites for hydroxylation is 1. The Morgan fingerprint density at radius 1 is 1.24 bits per heavy atom. The molecule has 1 amide bonds. The van der Waals surface area contributed by atoms with Crippen LogP contribution in [0.3, 0.4) is 0 Å². The zero-order chi connectivity index (χ0) is 18.0. The number of aromatic carboxylic acids is 1. The van der Waals surface area contributed by atoms with Gasteiger partial charge in [-0.3, -0.25) is 14.2 Å². The molecule has 128 valence electrons. The minimum atomic E-state index is -1.22. The van der Waals surface area contributed by atoms with E-state index in [0.29, 0.717) is 17.4 Å². The maximum absolute atomic E-state index is 12.3. The molecule has 0 saturated carbocycles. The van der Waals surface area contributed by atoms with Gasteiger partial charge < -0.3 is 10.4 Å². The summed E-state index contributed by atoms with van der Waals surface area (Å²) in [7, 11) is 1.54. The number of carbonyl (C=O) groups excluding carboxylic acids is 1. The smallest absolute Gasteiger partial charge is 0.339 e. The van der Waals surface area contributed by atoms with Crippen LogP contribution in [-0.2, 0) is 13.6 Å². The molecule has 0 aliphatic carbocycles. The van der Waals surface area contributed by atoms with Crippen molar-refractivity contribution in [2.45, 2.75) is 6.54 Å². The maximum atomic E-state index is 12.3. The van der Waals surface area contributed by atoms with Crippen molar-refractivity contribution in [1.82, 2.24) is 19.6 Å². The van der Waals surface area contributed by atoms with E-state index in [1.807, 2.05) is 18.2 Å². The lowest BCUT2D eigenvalue weighted by molar-refractivity contribution is 0.0692. The number of hydrogen-bond donors (Lipinski definition) is 2. The predicted octanol–water partition coefficient (Wildman–Crippen LogP) is 2.27. The molecule has 0 spiro atoms. The topological polar surface area (TPSA) is 102 Å². The summed E-state index contributed by atoms with van der Waals surface area (Å²) in [6.07, 6.45) is 2.96. The van der Waals surface area contributed by atoms with Gasteiger partial charge in [0.15, 0.2) is 11.5 Å². The van der Waals surface area contributed by atoms with Gasteiger partial charge in [-0.2, -0.15) is 10.2 Å². The normalized spacial score (nSPS) is 10.6. The van der Waals surface area contributed by atoms with Crippen LogP contribution in [0.2, 0.25) is 5.02 Å². The Hall–Kier alpha value is -3.13. The van der Waals surface area contributed by atoms with Gasteiger partial charge in [0, 0.05) is 30.5 Å². The summed E-state index contributed by atoms with van der Waals surface area (Å²) in [4.78, 5) is 23.4. The van der Waals surface area contributed by atoms with Gasteiger partial charge >= 0.3 is 5.97 Å². The number of halogens is 1. The van der Waals surface area contributed by atoms with Crippen molar-refractivity contribution in [2.24, 2.45) is 7.05 Å². The second-order valence-corrected chi connectivity index (χ2v) is 5.72. The summed E-state index contributed by atoms with van der Waals surface area (Å²) in [6.45, 7) is 0.444. The van der Waals surface area contributed by atoms with E-state index in [2.05, 4.69) is 15.5 Å². The zero-order valence-corrected chi connectivity index (χ0v) is 13.9. The fraction of sp³-hybridized carbons (Fsp3) is 0.125. The number of anilines is 1. The van der Waals surface area contributed by atoms with Gasteiger partial charge in [-0.05, 0) is 11.6 Å². The molecule has 9 heteroatoms. The second-order valence-electron chi connectivity index (χ2n) is 5.31. The van der Waals surface area contributed by atoms with E-state index < -0.39 is 11.9 Å². The molecule has 2 aromatic heterocycles. The number of hydrogen-bond acceptors (Lipinski definition) is 4. The number of aromatic nitrogens is 4. The van der Waals surface area contributed by atoms with Crippen molar-refractivity contribution in [2.75, 3.05) is 5.32 Å². The monoisotopic (exact) mass is 359 g/mol. The Morgan fingerprint density at radius 3 is 2.72 bits per heavy atom. The maximum Gasteiger partial charge on any atom is 0.339 e. The lowest BCUT2D eigenvalue weighted by Crippen LogP contribution is -2.17. The standard InChI is InChI=1S/C16H14ClN5O3/c1-21-9-11(16(24)25)14(20-21)15(23)18-13-6-7-22(19-13)8-10-4-2-3-5-12(10)17/h2-7,9H,8H2,1H3,(H,24,25)(H,18,19,23). The number of rotatable bonds is 5. The summed E-state index contributed by atoms with van der Waals surface area (Å²) in [5.74, 6) is -1.57. The molecule has 0 unspecified atom stereocenters. The highest BCUT2D eigenvalue weighted by Crippen LogP contribution is 2.17. The molecule has 1 aromatic carbocycles. The van der Waals surface area contributed by atoms with Crippen LogP contribution < -0.4 is 5.32 Å². The Kier molecular flexibility index (Phi) is 4.53. The molecule has 3 rings (SSSR count). The van der Waals surface area contributed by atoms with Crippen LogP contribution in [0.5, 0.6) is 0 Å². The second kappa shape index (κ2) is 6.78. The van der Waals surface area contributed by atoms with Crippen molar-refractivity contribution < 1.29 is 14.7 Å². The minimum absolute atomic E-state index is 0.171. The van der Waals surface area contributed by atoms with Crippen LogP contribution in [0.1, 0.15) is 26.4 Å². The van der Waals surface area contributed by atoms with E-state index in [-0.39, 0.29) is 11.3 Å². The fourth-order valence-electron chi connectivity index (χ4n) is 2.31. The Balaban J connectivity index is 1.74. The Labute approximate surface area is 147 Å². The van der Waals surface area contributed by atoms with Crippen molar-refractivity contribution in [3.8, 4) is 0 Å². The first-order valence-corrected chi connectivity index (χ1v) is 7.67. The van der Waals surface area contributed by atoms with E-state index in [1.54, 1.807) is 30.1 Å². The predicted molar refractivity (Wildman–Crippen MR) is 90.9 cm³/mol. The third-order valence-corrected chi connectivity index (χ3v) is 3.82. The van der Waals surface area contributed by atoms with Gasteiger partial charge in [-0.1, -0.05) is 29.8 Å². The molecule has 0 aliphatic heterocycles. The molecule has 0 bridgehead atoms. The van der Waals surface area contributed by atoms with E-state index in [9.17, 15) is 9.59 Å². The van der Waals surface area contributed by atoms with Crippen molar-refractivity contribution in [1.29, 1.82) is 0 Å². The third-order valence-electron chi connectivity index (χ3n) is 3.45. The first-order chi connectivity index (χ1) is 11.9. The molecule has 2 heterocycles. The molecule has 0 fully saturated rings. The first-order valence-electron chi connectivity index (χ1n) is 7.29. The number of amides is 1. The number of benzene rings is 1. The molecule has 2 N–H and O–H groups in total. The first kappa shape index (κ1) is 16.7. The lowest BCUT2D eigenvalue weighted by atomic mass is 10.2. The SMILES string of the molecule is Cn1cc(C(=O)O)c(C(=O)Nc2ccn(Cc3ccccc3Cl)n2)n1. The Morgan fingerprint density at radius 2 is 2.00 bits per heavy atom. The number of carboxylic acids is 1. The molecule has 0 atom stereocenters. The van der Waals surface area contributed by atoms with E-state index in [4.69, 9.17) is 16.7 Å². The van der Waals surface area contributed by atoms with Gasteiger partial charge in [0.1, 0.15) is 5.56 Å². The van der Waals surface area contributed by atoms with Crippen molar-refractivity contribution in [3.05, 3.63) is 64.6 Å². The summed E-state index contributed by atoms with van der Waals surface area (Å²) < 4.78 is 2.89. The summed E-state index contributed by atoms with van der Waals surface area (Å²) >= 11 is 6.12. The lowest BCUT2D eigenvalue weighted by Gasteiger charge is -2.04. The number of carboxylic acid groups (broad SMARTS) is 1. The quantitative estimate of drug-likeness (QED) is 0.727. The number of carbonyl (C=O) groups is 2. The highest BCUT2D eigenvalue weighted by atomic mass is 35.5. The van der Waals surface area contributed by atoms with Gasteiger partial charge in [-0.15, -0.1) is 0 Å². The number of nitrogens with zero attached hydrogens (tertiary/aromatic N) is 4. The average Bonchev–Trinajstić information content (AvgIpc) is 3.16. The number of nitrogens with one attached hydrogen (secondary N) is 1. The zero-order valence-electron chi connectivity index (χ0n) is 13.2. The van der Waals surface area contributed by atoms with E-state index in [0.717, 1.165) is 5.56 Å². The molecular formula is C16H14ClN5O3. The van der Waals surface area contributed by atoms with Crippen LogP contribution in [0.4, 0.5) is 5.82 Å². The summed E-state index contributed by atoms with van der Waals surface area (Å²) in [5.41, 5.74) is 0.550. The molecular weight excluding hydrogens is 346 g/mol. The van der Waals surface area contributed by atoms with Crippen LogP contribution in [0.15, 0.2) is 42.7 Å². The molecule has 25 heavy (non-hydrogen) atoms. The largest absolute Gasteiger partial charge is 0.478 e. The molecule has 0 aliphatic rings. The molecule has 0 saturated heterocycles. The van der Waals surface area contributed by atoms with Crippen LogP contribution >= 0.6 is 11.6 Å². The van der Waals surface area contributed by atoms with Gasteiger partial charge in [0.25, 0.3) is 5.91 Å². The van der Waals surface area contributed by atoms with Gasteiger partial charge in [-0.25, -0.2) is 4.79 Å². The van der Waals surface area contributed by atoms with E-state index in [1.165, 1.54) is 10.9 Å². The van der Waals surface area contributed by atoms with Gasteiger partial charge in [0.2, 0.25) is 0 Å².